The quantitative estimate of drug-likeness (QED) is 0.598. The molecular formula is C19H16N4O3. The van der Waals surface area contributed by atoms with Crippen LogP contribution >= 0.6 is 0 Å². The van der Waals surface area contributed by atoms with Gasteiger partial charge in [-0.2, -0.15) is 0 Å². The van der Waals surface area contributed by atoms with Gasteiger partial charge in [0.1, 0.15) is 12.9 Å². The number of carbonyl (C=O) groups excluding carboxylic acids is 1. The maximum absolute atomic E-state index is 12.2. The molecule has 1 N–H and O–H groups in total. The fraction of sp³-hybridized carbons (Fsp3) is 0.105. The molecule has 1 amide bonds. The summed E-state index contributed by atoms with van der Waals surface area (Å²) in [5.41, 5.74) is 3.79. The highest BCUT2D eigenvalue weighted by Crippen LogP contribution is 2.20. The van der Waals surface area contributed by atoms with Crippen molar-refractivity contribution in [1.29, 1.82) is 0 Å². The summed E-state index contributed by atoms with van der Waals surface area (Å²) in [6.45, 7) is 0.272. The standard InChI is InChI=1S/C19H16N4O3/c1-25-11-15-10-17(22-26-15)19(24)21-13-6-8-14(9-7-13)23-12-20-16-4-2-3-5-18(16)23/h2-10,12H,11H2,1H3,(H,21,24). The highest BCUT2D eigenvalue weighted by molar-refractivity contribution is 6.02. The Labute approximate surface area is 149 Å². The van der Waals surface area contributed by atoms with Gasteiger partial charge in [0.15, 0.2) is 11.5 Å². The van der Waals surface area contributed by atoms with Crippen LogP contribution in [0.2, 0.25) is 0 Å². The lowest BCUT2D eigenvalue weighted by Gasteiger charge is -2.07. The number of rotatable bonds is 5. The molecule has 0 saturated carbocycles. The molecule has 2 aromatic heterocycles. The first-order valence-electron chi connectivity index (χ1n) is 8.03. The molecule has 130 valence electrons. The largest absolute Gasteiger partial charge is 0.377 e. The Morgan fingerprint density at radius 1 is 1.19 bits per heavy atom. The van der Waals surface area contributed by atoms with E-state index in [1.807, 2.05) is 53.1 Å². The molecule has 0 atom stereocenters. The Balaban J connectivity index is 1.51. The summed E-state index contributed by atoms with van der Waals surface area (Å²) in [5.74, 6) is 0.164. The number of ether oxygens (including phenoxy) is 1. The molecular weight excluding hydrogens is 332 g/mol. The van der Waals surface area contributed by atoms with E-state index in [1.165, 1.54) is 0 Å². The Morgan fingerprint density at radius 2 is 2.00 bits per heavy atom. The van der Waals surface area contributed by atoms with Crippen molar-refractivity contribution < 1.29 is 14.1 Å². The highest BCUT2D eigenvalue weighted by Gasteiger charge is 2.13. The summed E-state index contributed by atoms with van der Waals surface area (Å²) in [5, 5.41) is 6.54. The van der Waals surface area contributed by atoms with Gasteiger partial charge < -0.3 is 14.6 Å². The van der Waals surface area contributed by atoms with Gasteiger partial charge in [0, 0.05) is 24.6 Å². The molecule has 7 heteroatoms. The Hall–Kier alpha value is -3.45. The molecule has 0 radical (unpaired) electrons. The second-order valence-corrected chi connectivity index (χ2v) is 5.72. The lowest BCUT2D eigenvalue weighted by molar-refractivity contribution is 0.101. The van der Waals surface area contributed by atoms with Gasteiger partial charge in [0.2, 0.25) is 0 Å². The Bertz CT molecular complexity index is 1050. The molecule has 7 nitrogen and oxygen atoms in total. The number of carbonyl (C=O) groups is 1. The molecule has 0 spiro atoms. The number of benzene rings is 2. The lowest BCUT2D eigenvalue weighted by atomic mass is 10.2. The highest BCUT2D eigenvalue weighted by atomic mass is 16.5. The first-order chi connectivity index (χ1) is 12.7. The number of methoxy groups -OCH3 is 1. The van der Waals surface area contributed by atoms with Crippen molar-refractivity contribution in [2.45, 2.75) is 6.61 Å². The van der Waals surface area contributed by atoms with Crippen LogP contribution in [-0.2, 0) is 11.3 Å². The summed E-state index contributed by atoms with van der Waals surface area (Å²) in [7, 11) is 1.55. The van der Waals surface area contributed by atoms with Crippen LogP contribution < -0.4 is 5.32 Å². The first-order valence-corrected chi connectivity index (χ1v) is 8.03. The van der Waals surface area contributed by atoms with E-state index in [1.54, 1.807) is 19.5 Å². The van der Waals surface area contributed by atoms with Crippen LogP contribution in [0.25, 0.3) is 16.7 Å². The molecule has 0 aliphatic rings. The second-order valence-electron chi connectivity index (χ2n) is 5.72. The van der Waals surface area contributed by atoms with Gasteiger partial charge in [-0.05, 0) is 36.4 Å². The Kier molecular flexibility index (Phi) is 4.20. The maximum atomic E-state index is 12.2. The van der Waals surface area contributed by atoms with Gasteiger partial charge in [-0.3, -0.25) is 9.36 Å². The van der Waals surface area contributed by atoms with Crippen LogP contribution in [0.4, 0.5) is 5.69 Å². The van der Waals surface area contributed by atoms with Gasteiger partial charge in [0.25, 0.3) is 5.91 Å². The summed E-state index contributed by atoms with van der Waals surface area (Å²) < 4.78 is 12.0. The fourth-order valence-electron chi connectivity index (χ4n) is 2.70. The minimum absolute atomic E-state index is 0.210. The molecule has 2 heterocycles. The van der Waals surface area contributed by atoms with Crippen molar-refractivity contribution in [3.8, 4) is 5.69 Å². The third kappa shape index (κ3) is 3.07. The van der Waals surface area contributed by atoms with Crippen LogP contribution in [-0.4, -0.2) is 27.7 Å². The third-order valence-electron chi connectivity index (χ3n) is 3.94. The molecule has 4 aromatic rings. The van der Waals surface area contributed by atoms with Crippen LogP contribution in [0.5, 0.6) is 0 Å². The first kappa shape index (κ1) is 16.0. The maximum Gasteiger partial charge on any atom is 0.277 e. The monoisotopic (exact) mass is 348 g/mol. The molecule has 2 aromatic carbocycles. The second kappa shape index (κ2) is 6.81. The number of fused-ring (bicyclic) bond motifs is 1. The van der Waals surface area contributed by atoms with Gasteiger partial charge in [0.05, 0.1) is 11.0 Å². The van der Waals surface area contributed by atoms with Crippen molar-refractivity contribution in [3.05, 3.63) is 72.4 Å². The molecule has 0 fully saturated rings. The van der Waals surface area contributed by atoms with Gasteiger partial charge >= 0.3 is 0 Å². The van der Waals surface area contributed by atoms with Crippen molar-refractivity contribution in [2.75, 3.05) is 12.4 Å². The number of hydrogen-bond donors (Lipinski definition) is 1. The number of imidazole rings is 1. The van der Waals surface area contributed by atoms with E-state index in [4.69, 9.17) is 9.26 Å². The smallest absolute Gasteiger partial charge is 0.277 e. The summed E-state index contributed by atoms with van der Waals surface area (Å²) in [6, 6.07) is 17.0. The van der Waals surface area contributed by atoms with Crippen molar-refractivity contribution in [2.24, 2.45) is 0 Å². The molecule has 0 aliphatic heterocycles. The summed E-state index contributed by atoms with van der Waals surface area (Å²) >= 11 is 0. The molecule has 0 aliphatic carbocycles. The van der Waals surface area contributed by atoms with E-state index < -0.39 is 0 Å². The van der Waals surface area contributed by atoms with Gasteiger partial charge in [-0.15, -0.1) is 0 Å². The number of nitrogens with one attached hydrogen (secondary N) is 1. The summed E-state index contributed by atoms with van der Waals surface area (Å²) in [4.78, 5) is 16.6. The average Bonchev–Trinajstić information content (AvgIpc) is 3.30. The van der Waals surface area contributed by atoms with Crippen molar-refractivity contribution >= 4 is 22.6 Å². The average molecular weight is 348 g/mol. The molecule has 0 unspecified atom stereocenters. The molecule has 4 rings (SSSR count). The number of para-hydroxylation sites is 2. The normalized spacial score (nSPS) is 11.0. The topological polar surface area (TPSA) is 82.2 Å². The van der Waals surface area contributed by atoms with E-state index in [0.717, 1.165) is 16.7 Å². The van der Waals surface area contributed by atoms with Crippen molar-refractivity contribution in [1.82, 2.24) is 14.7 Å². The van der Waals surface area contributed by atoms with E-state index >= 15 is 0 Å². The zero-order valence-corrected chi connectivity index (χ0v) is 14.0. The zero-order chi connectivity index (χ0) is 17.9. The predicted molar refractivity (Wildman–Crippen MR) is 96.2 cm³/mol. The van der Waals surface area contributed by atoms with Crippen LogP contribution in [0.1, 0.15) is 16.2 Å². The number of aromatic nitrogens is 3. The molecule has 0 saturated heterocycles. The SMILES string of the molecule is COCc1cc(C(=O)Nc2ccc(-n3cnc4ccccc43)cc2)no1. The molecule has 0 bridgehead atoms. The van der Waals surface area contributed by atoms with E-state index in [-0.39, 0.29) is 18.2 Å². The molecule has 26 heavy (non-hydrogen) atoms. The van der Waals surface area contributed by atoms with E-state index in [2.05, 4.69) is 15.5 Å². The third-order valence-corrected chi connectivity index (χ3v) is 3.94. The van der Waals surface area contributed by atoms with E-state index in [9.17, 15) is 4.79 Å². The summed E-state index contributed by atoms with van der Waals surface area (Å²) in [6.07, 6.45) is 1.78. The van der Waals surface area contributed by atoms with E-state index in [0.29, 0.717) is 11.4 Å². The van der Waals surface area contributed by atoms with Crippen LogP contribution in [0, 0.1) is 0 Å². The number of amides is 1. The van der Waals surface area contributed by atoms with Crippen LogP contribution in [0.3, 0.4) is 0 Å². The minimum atomic E-state index is -0.336. The predicted octanol–water partition coefficient (Wildman–Crippen LogP) is 3.41. The van der Waals surface area contributed by atoms with Gasteiger partial charge in [-0.1, -0.05) is 17.3 Å². The van der Waals surface area contributed by atoms with Crippen molar-refractivity contribution in [3.63, 3.8) is 0 Å². The number of anilines is 1. The minimum Gasteiger partial charge on any atom is -0.377 e. The zero-order valence-electron chi connectivity index (χ0n) is 14.0. The number of hydrogen-bond acceptors (Lipinski definition) is 5. The Morgan fingerprint density at radius 3 is 2.81 bits per heavy atom. The lowest BCUT2D eigenvalue weighted by Crippen LogP contribution is -2.12. The number of nitrogens with zero attached hydrogens (tertiary/aromatic N) is 3. The van der Waals surface area contributed by atoms with Gasteiger partial charge in [-0.25, -0.2) is 4.98 Å². The van der Waals surface area contributed by atoms with Crippen LogP contribution in [0.15, 0.2) is 65.4 Å². The fourth-order valence-corrected chi connectivity index (χ4v) is 2.70.